The van der Waals surface area contributed by atoms with Crippen LogP contribution < -0.4 is 10.2 Å². The molecule has 8 nitrogen and oxygen atoms in total. The van der Waals surface area contributed by atoms with Crippen LogP contribution in [0.3, 0.4) is 0 Å². The molecular weight excluding hydrogens is 354 g/mol. The maximum atomic E-state index is 5.43. The van der Waals surface area contributed by atoms with Crippen LogP contribution in [-0.4, -0.2) is 56.8 Å². The summed E-state index contributed by atoms with van der Waals surface area (Å²) in [6.45, 7) is 7.56. The Labute approximate surface area is 164 Å². The SMILES string of the molecule is CC(C)n1c(-c2ccc(N3CCOCC3)nc2)nc2c(NC3CC3)ncnc21. The minimum Gasteiger partial charge on any atom is -0.378 e. The van der Waals surface area contributed by atoms with Gasteiger partial charge >= 0.3 is 0 Å². The average Bonchev–Trinajstić information content (AvgIpc) is 3.45. The van der Waals surface area contributed by atoms with Crippen molar-refractivity contribution in [1.29, 1.82) is 0 Å². The highest BCUT2D eigenvalue weighted by Gasteiger charge is 2.25. The number of morpholine rings is 1. The molecule has 1 saturated heterocycles. The number of imidazole rings is 1. The Hall–Kier alpha value is -2.74. The van der Waals surface area contributed by atoms with Crippen molar-refractivity contribution in [1.82, 2.24) is 24.5 Å². The molecule has 0 radical (unpaired) electrons. The van der Waals surface area contributed by atoms with E-state index in [1.165, 1.54) is 12.8 Å². The summed E-state index contributed by atoms with van der Waals surface area (Å²) in [7, 11) is 0. The first-order chi connectivity index (χ1) is 13.7. The Bertz CT molecular complexity index is 972. The van der Waals surface area contributed by atoms with Gasteiger partial charge in [-0.15, -0.1) is 0 Å². The van der Waals surface area contributed by atoms with E-state index in [-0.39, 0.29) is 6.04 Å². The van der Waals surface area contributed by atoms with Gasteiger partial charge in [-0.3, -0.25) is 0 Å². The summed E-state index contributed by atoms with van der Waals surface area (Å²) in [5.74, 6) is 2.69. The van der Waals surface area contributed by atoms with E-state index in [0.717, 1.165) is 60.5 Å². The van der Waals surface area contributed by atoms with Gasteiger partial charge < -0.3 is 19.5 Å². The molecule has 0 amide bonds. The number of nitrogens with one attached hydrogen (secondary N) is 1. The standard InChI is InChI=1S/C20H25N7O/c1-13(2)27-19(14-3-6-16(21-11-14)26-7-9-28-10-8-26)25-17-18(24-15-4-5-15)22-12-23-20(17)27/h3,6,11-13,15H,4-5,7-10H2,1-2H3,(H,22,23,24). The third-order valence-electron chi connectivity index (χ3n) is 5.25. The van der Waals surface area contributed by atoms with Crippen molar-refractivity contribution < 1.29 is 4.74 Å². The van der Waals surface area contributed by atoms with Gasteiger partial charge in [0.2, 0.25) is 0 Å². The first kappa shape index (κ1) is 17.4. The van der Waals surface area contributed by atoms with Gasteiger partial charge in [-0.1, -0.05) is 0 Å². The Kier molecular flexibility index (Phi) is 4.35. The zero-order valence-corrected chi connectivity index (χ0v) is 16.3. The number of anilines is 2. The first-order valence-electron chi connectivity index (χ1n) is 9.99. The van der Waals surface area contributed by atoms with Crippen molar-refractivity contribution >= 4 is 22.8 Å². The largest absolute Gasteiger partial charge is 0.378 e. The number of hydrogen-bond acceptors (Lipinski definition) is 7. The molecule has 1 aliphatic carbocycles. The van der Waals surface area contributed by atoms with Crippen molar-refractivity contribution in [3.63, 3.8) is 0 Å². The molecule has 2 fully saturated rings. The lowest BCUT2D eigenvalue weighted by atomic mass is 10.2. The van der Waals surface area contributed by atoms with Crippen molar-refractivity contribution in [2.24, 2.45) is 0 Å². The quantitative estimate of drug-likeness (QED) is 0.730. The van der Waals surface area contributed by atoms with Crippen molar-refractivity contribution in [2.45, 2.75) is 38.8 Å². The molecule has 2 aliphatic rings. The summed E-state index contributed by atoms with van der Waals surface area (Å²) in [5.41, 5.74) is 2.68. The van der Waals surface area contributed by atoms with Crippen LogP contribution in [0, 0.1) is 0 Å². The topological polar surface area (TPSA) is 81.0 Å². The summed E-state index contributed by atoms with van der Waals surface area (Å²) in [4.78, 5) is 20.8. The summed E-state index contributed by atoms with van der Waals surface area (Å²) in [6.07, 6.45) is 5.91. The summed E-state index contributed by atoms with van der Waals surface area (Å²) in [5, 5.41) is 3.48. The second-order valence-corrected chi connectivity index (χ2v) is 7.72. The molecule has 1 saturated carbocycles. The summed E-state index contributed by atoms with van der Waals surface area (Å²) in [6, 6.07) is 4.90. The van der Waals surface area contributed by atoms with E-state index in [4.69, 9.17) is 14.7 Å². The molecule has 0 aromatic carbocycles. The molecule has 28 heavy (non-hydrogen) atoms. The summed E-state index contributed by atoms with van der Waals surface area (Å²) >= 11 is 0. The molecule has 1 aliphatic heterocycles. The second kappa shape index (κ2) is 7.01. The third kappa shape index (κ3) is 3.17. The van der Waals surface area contributed by atoms with Crippen molar-refractivity contribution in [3.05, 3.63) is 24.7 Å². The maximum Gasteiger partial charge on any atom is 0.166 e. The molecule has 3 aromatic heterocycles. The molecule has 4 heterocycles. The van der Waals surface area contributed by atoms with Crippen LogP contribution in [-0.2, 0) is 4.74 Å². The van der Waals surface area contributed by atoms with Gasteiger partial charge in [-0.25, -0.2) is 19.9 Å². The van der Waals surface area contributed by atoms with Gasteiger partial charge in [-0.05, 0) is 38.8 Å². The van der Waals surface area contributed by atoms with Gasteiger partial charge in [-0.2, -0.15) is 0 Å². The lowest BCUT2D eigenvalue weighted by Gasteiger charge is -2.27. The highest BCUT2D eigenvalue weighted by atomic mass is 16.5. The molecule has 0 bridgehead atoms. The van der Waals surface area contributed by atoms with Gasteiger partial charge in [0.05, 0.1) is 13.2 Å². The van der Waals surface area contributed by atoms with E-state index in [1.54, 1.807) is 6.33 Å². The normalized spacial score (nSPS) is 17.5. The predicted octanol–water partition coefficient (Wildman–Crippen LogP) is 2.88. The minimum absolute atomic E-state index is 0.225. The van der Waals surface area contributed by atoms with Crippen LogP contribution >= 0.6 is 0 Å². The maximum absolute atomic E-state index is 5.43. The van der Waals surface area contributed by atoms with E-state index in [1.807, 2.05) is 6.20 Å². The monoisotopic (exact) mass is 379 g/mol. The van der Waals surface area contributed by atoms with E-state index in [2.05, 4.69) is 50.7 Å². The van der Waals surface area contributed by atoms with E-state index >= 15 is 0 Å². The number of pyridine rings is 1. The summed E-state index contributed by atoms with van der Waals surface area (Å²) < 4.78 is 7.60. The highest BCUT2D eigenvalue weighted by Crippen LogP contribution is 2.32. The molecule has 5 rings (SSSR count). The van der Waals surface area contributed by atoms with Crippen LogP contribution in [0.2, 0.25) is 0 Å². The molecule has 1 N–H and O–H groups in total. The first-order valence-corrected chi connectivity index (χ1v) is 9.99. The van der Waals surface area contributed by atoms with Crippen LogP contribution in [0.5, 0.6) is 0 Å². The fraction of sp³-hybridized carbons (Fsp3) is 0.500. The predicted molar refractivity (Wildman–Crippen MR) is 109 cm³/mol. The number of hydrogen-bond donors (Lipinski definition) is 1. The van der Waals surface area contributed by atoms with Crippen molar-refractivity contribution in [3.8, 4) is 11.4 Å². The molecule has 3 aromatic rings. The van der Waals surface area contributed by atoms with E-state index in [0.29, 0.717) is 6.04 Å². The van der Waals surface area contributed by atoms with Crippen LogP contribution in [0.25, 0.3) is 22.6 Å². The van der Waals surface area contributed by atoms with E-state index in [9.17, 15) is 0 Å². The molecule has 8 heteroatoms. The second-order valence-electron chi connectivity index (χ2n) is 7.72. The lowest BCUT2D eigenvalue weighted by Crippen LogP contribution is -2.36. The number of aromatic nitrogens is 5. The van der Waals surface area contributed by atoms with Gasteiger partial charge in [0, 0.05) is 36.9 Å². The smallest absolute Gasteiger partial charge is 0.166 e. The molecule has 0 spiro atoms. The molecule has 146 valence electrons. The Morgan fingerprint density at radius 1 is 1.11 bits per heavy atom. The Morgan fingerprint density at radius 3 is 2.61 bits per heavy atom. The minimum atomic E-state index is 0.225. The molecule has 0 unspecified atom stereocenters. The van der Waals surface area contributed by atoms with E-state index < -0.39 is 0 Å². The molecular formula is C20H25N7O. The number of fused-ring (bicyclic) bond motifs is 1. The van der Waals surface area contributed by atoms with Crippen molar-refractivity contribution in [2.75, 3.05) is 36.5 Å². The van der Waals surface area contributed by atoms with Crippen LogP contribution in [0.15, 0.2) is 24.7 Å². The Balaban J connectivity index is 1.54. The fourth-order valence-corrected chi connectivity index (χ4v) is 3.63. The lowest BCUT2D eigenvalue weighted by molar-refractivity contribution is 0.122. The fourth-order valence-electron chi connectivity index (χ4n) is 3.63. The Morgan fingerprint density at radius 2 is 1.93 bits per heavy atom. The van der Waals surface area contributed by atoms with Gasteiger partial charge in [0.25, 0.3) is 0 Å². The number of nitrogens with zero attached hydrogens (tertiary/aromatic N) is 6. The number of rotatable bonds is 5. The highest BCUT2D eigenvalue weighted by molar-refractivity contribution is 5.86. The van der Waals surface area contributed by atoms with Gasteiger partial charge in [0.1, 0.15) is 18.0 Å². The zero-order valence-electron chi connectivity index (χ0n) is 16.3. The van der Waals surface area contributed by atoms with Crippen LogP contribution in [0.4, 0.5) is 11.6 Å². The van der Waals surface area contributed by atoms with Crippen LogP contribution in [0.1, 0.15) is 32.7 Å². The average molecular weight is 379 g/mol. The number of ether oxygens (including phenoxy) is 1. The third-order valence-corrected chi connectivity index (χ3v) is 5.25. The molecule has 0 atom stereocenters. The zero-order chi connectivity index (χ0) is 19.1. The van der Waals surface area contributed by atoms with Gasteiger partial charge in [0.15, 0.2) is 17.0 Å².